The summed E-state index contributed by atoms with van der Waals surface area (Å²) in [5.74, 6) is -0.527. The van der Waals surface area contributed by atoms with Crippen LogP contribution in [0.2, 0.25) is 5.02 Å². The first-order valence-corrected chi connectivity index (χ1v) is 5.29. The van der Waals surface area contributed by atoms with E-state index in [0.717, 1.165) is 0 Å². The van der Waals surface area contributed by atoms with E-state index in [-0.39, 0.29) is 23.8 Å². The number of carbonyl (C=O) groups excluding carboxylic acids is 1. The summed E-state index contributed by atoms with van der Waals surface area (Å²) in [5.41, 5.74) is 0.520. The third-order valence-electron chi connectivity index (χ3n) is 2.03. The lowest BCUT2D eigenvalue weighted by molar-refractivity contribution is -0.117. The Labute approximate surface area is 99.1 Å². The maximum absolute atomic E-state index is 13.1. The number of benzene rings is 1. The van der Waals surface area contributed by atoms with Crippen molar-refractivity contribution in [1.82, 2.24) is 5.32 Å². The summed E-state index contributed by atoms with van der Waals surface area (Å²) >= 11 is 5.73. The van der Waals surface area contributed by atoms with Crippen molar-refractivity contribution < 1.29 is 9.18 Å². The molecule has 0 aliphatic heterocycles. The minimum absolute atomic E-state index is 0.0274. The average Bonchev–Trinajstić information content (AvgIpc) is 2.25. The Morgan fingerprint density at radius 3 is 3.00 bits per heavy atom. The number of Topliss-reactive ketones (excluding diaryl/α,β-unsaturated/α-hetero) is 1. The summed E-state index contributed by atoms with van der Waals surface area (Å²) in [6, 6.07) is 4.46. The average molecular weight is 242 g/mol. The molecule has 0 bridgehead atoms. The Hall–Kier alpha value is -1.19. The summed E-state index contributed by atoms with van der Waals surface area (Å²) in [7, 11) is 0. The zero-order valence-corrected chi connectivity index (χ0v) is 9.56. The number of ketones is 1. The molecule has 1 aromatic carbocycles. The minimum Gasteiger partial charge on any atom is -0.307 e. The lowest BCUT2D eigenvalue weighted by Crippen LogP contribution is -2.24. The molecule has 2 nitrogen and oxygen atoms in total. The van der Waals surface area contributed by atoms with E-state index >= 15 is 0 Å². The third kappa shape index (κ3) is 3.76. The van der Waals surface area contributed by atoms with Gasteiger partial charge in [-0.15, -0.1) is 6.58 Å². The SMILES string of the molecule is C=CCNCC(=O)Cc1cccc(F)c1Cl. The van der Waals surface area contributed by atoms with Crippen molar-refractivity contribution in [3.8, 4) is 0 Å². The van der Waals surface area contributed by atoms with Gasteiger partial charge in [-0.25, -0.2) is 4.39 Å². The van der Waals surface area contributed by atoms with E-state index in [4.69, 9.17) is 11.6 Å². The molecule has 0 saturated carbocycles. The van der Waals surface area contributed by atoms with Crippen LogP contribution in [0.3, 0.4) is 0 Å². The molecule has 0 heterocycles. The standard InChI is InChI=1S/C12H13ClFNO/c1-2-6-15-8-10(16)7-9-4-3-5-11(14)12(9)13/h2-5,15H,1,6-8H2. The van der Waals surface area contributed by atoms with E-state index in [1.807, 2.05) is 0 Å². The van der Waals surface area contributed by atoms with Crippen LogP contribution < -0.4 is 5.32 Å². The van der Waals surface area contributed by atoms with Crippen LogP contribution in [0.15, 0.2) is 30.9 Å². The Morgan fingerprint density at radius 1 is 1.56 bits per heavy atom. The van der Waals surface area contributed by atoms with Crippen LogP contribution >= 0.6 is 11.6 Å². The van der Waals surface area contributed by atoms with Gasteiger partial charge in [0.25, 0.3) is 0 Å². The van der Waals surface area contributed by atoms with Gasteiger partial charge in [0.2, 0.25) is 0 Å². The first kappa shape index (κ1) is 12.9. The zero-order chi connectivity index (χ0) is 12.0. The van der Waals surface area contributed by atoms with Crippen LogP contribution in [0.4, 0.5) is 4.39 Å². The van der Waals surface area contributed by atoms with E-state index in [9.17, 15) is 9.18 Å². The van der Waals surface area contributed by atoms with Crippen LogP contribution in [0.5, 0.6) is 0 Å². The van der Waals surface area contributed by atoms with E-state index in [0.29, 0.717) is 12.1 Å². The Bertz CT molecular complexity index is 393. The molecule has 1 rings (SSSR count). The topological polar surface area (TPSA) is 29.1 Å². The Balaban J connectivity index is 2.56. The molecule has 0 aliphatic carbocycles. The first-order valence-electron chi connectivity index (χ1n) is 4.91. The number of rotatable bonds is 6. The maximum Gasteiger partial charge on any atom is 0.151 e. The quantitative estimate of drug-likeness (QED) is 0.612. The monoisotopic (exact) mass is 241 g/mol. The molecule has 4 heteroatoms. The molecule has 16 heavy (non-hydrogen) atoms. The largest absolute Gasteiger partial charge is 0.307 e. The summed E-state index contributed by atoms with van der Waals surface area (Å²) < 4.78 is 13.1. The van der Waals surface area contributed by atoms with E-state index in [1.165, 1.54) is 6.07 Å². The van der Waals surface area contributed by atoms with Crippen molar-refractivity contribution in [3.63, 3.8) is 0 Å². The third-order valence-corrected chi connectivity index (χ3v) is 2.45. The minimum atomic E-state index is -0.494. The highest BCUT2D eigenvalue weighted by molar-refractivity contribution is 6.31. The van der Waals surface area contributed by atoms with Gasteiger partial charge in [-0.3, -0.25) is 4.79 Å². The van der Waals surface area contributed by atoms with Gasteiger partial charge in [0.1, 0.15) is 5.82 Å². The predicted molar refractivity (Wildman–Crippen MR) is 63.2 cm³/mol. The fourth-order valence-electron chi connectivity index (χ4n) is 1.27. The van der Waals surface area contributed by atoms with Crippen LogP contribution in [0, 0.1) is 5.82 Å². The second kappa shape index (κ2) is 6.40. The molecule has 0 aliphatic rings. The number of hydrogen-bond acceptors (Lipinski definition) is 2. The Morgan fingerprint density at radius 2 is 2.31 bits per heavy atom. The van der Waals surface area contributed by atoms with Gasteiger partial charge >= 0.3 is 0 Å². The number of hydrogen-bond donors (Lipinski definition) is 1. The van der Waals surface area contributed by atoms with Crippen molar-refractivity contribution in [3.05, 3.63) is 47.3 Å². The van der Waals surface area contributed by atoms with Crippen LogP contribution in [0.1, 0.15) is 5.56 Å². The fraction of sp³-hybridized carbons (Fsp3) is 0.250. The maximum atomic E-state index is 13.1. The lowest BCUT2D eigenvalue weighted by Gasteiger charge is -2.04. The second-order valence-electron chi connectivity index (χ2n) is 3.35. The van der Waals surface area contributed by atoms with E-state index in [1.54, 1.807) is 18.2 Å². The molecule has 0 spiro atoms. The number of nitrogens with one attached hydrogen (secondary N) is 1. The van der Waals surface area contributed by atoms with E-state index in [2.05, 4.69) is 11.9 Å². The molecule has 1 aromatic rings. The molecule has 0 radical (unpaired) electrons. The van der Waals surface area contributed by atoms with Crippen molar-refractivity contribution >= 4 is 17.4 Å². The highest BCUT2D eigenvalue weighted by Crippen LogP contribution is 2.19. The number of carbonyl (C=O) groups is 1. The summed E-state index contributed by atoms with van der Waals surface area (Å²) in [6.07, 6.45) is 1.81. The summed E-state index contributed by atoms with van der Waals surface area (Å²) in [5, 5.41) is 2.91. The van der Waals surface area contributed by atoms with Crippen LogP contribution in [-0.2, 0) is 11.2 Å². The van der Waals surface area contributed by atoms with Crippen LogP contribution in [0.25, 0.3) is 0 Å². The molecule has 0 amide bonds. The molecule has 0 atom stereocenters. The van der Waals surface area contributed by atoms with Crippen molar-refractivity contribution in [1.29, 1.82) is 0 Å². The van der Waals surface area contributed by atoms with Gasteiger partial charge in [0, 0.05) is 13.0 Å². The predicted octanol–water partition coefficient (Wildman–Crippen LogP) is 2.37. The molecular formula is C12H13ClFNO. The van der Waals surface area contributed by atoms with Gasteiger partial charge in [0.15, 0.2) is 5.78 Å². The van der Waals surface area contributed by atoms with Crippen molar-refractivity contribution in [2.45, 2.75) is 6.42 Å². The summed E-state index contributed by atoms with van der Waals surface area (Å²) in [4.78, 5) is 11.5. The summed E-state index contributed by atoms with van der Waals surface area (Å²) in [6.45, 7) is 4.33. The van der Waals surface area contributed by atoms with Crippen LogP contribution in [-0.4, -0.2) is 18.9 Å². The molecule has 0 fully saturated rings. The highest BCUT2D eigenvalue weighted by Gasteiger charge is 2.09. The molecule has 1 N–H and O–H groups in total. The first-order chi connectivity index (χ1) is 7.65. The Kier molecular flexibility index (Phi) is 5.15. The molecule has 0 aromatic heterocycles. The van der Waals surface area contributed by atoms with Gasteiger partial charge in [0.05, 0.1) is 11.6 Å². The lowest BCUT2D eigenvalue weighted by atomic mass is 10.1. The normalized spacial score (nSPS) is 10.1. The zero-order valence-electron chi connectivity index (χ0n) is 8.80. The molecule has 0 unspecified atom stereocenters. The highest BCUT2D eigenvalue weighted by atomic mass is 35.5. The van der Waals surface area contributed by atoms with E-state index < -0.39 is 5.82 Å². The van der Waals surface area contributed by atoms with Gasteiger partial charge in [-0.1, -0.05) is 29.8 Å². The molecule has 0 saturated heterocycles. The molecular weight excluding hydrogens is 229 g/mol. The van der Waals surface area contributed by atoms with Gasteiger partial charge in [-0.05, 0) is 11.6 Å². The smallest absolute Gasteiger partial charge is 0.151 e. The fourth-order valence-corrected chi connectivity index (χ4v) is 1.47. The van der Waals surface area contributed by atoms with Gasteiger partial charge < -0.3 is 5.32 Å². The number of halogens is 2. The van der Waals surface area contributed by atoms with Gasteiger partial charge in [-0.2, -0.15) is 0 Å². The van der Waals surface area contributed by atoms with Crippen molar-refractivity contribution in [2.24, 2.45) is 0 Å². The second-order valence-corrected chi connectivity index (χ2v) is 3.73. The van der Waals surface area contributed by atoms with Crippen molar-refractivity contribution in [2.75, 3.05) is 13.1 Å². The molecule has 86 valence electrons.